The summed E-state index contributed by atoms with van der Waals surface area (Å²) in [6, 6.07) is 5.73. The van der Waals surface area contributed by atoms with E-state index in [2.05, 4.69) is 10.3 Å². The molecule has 0 aliphatic rings. The Morgan fingerprint density at radius 1 is 1.44 bits per heavy atom. The number of nitrogens with two attached hydrogens (primary N) is 1. The van der Waals surface area contributed by atoms with Crippen LogP contribution in [0.2, 0.25) is 0 Å². The van der Waals surface area contributed by atoms with Crippen molar-refractivity contribution in [2.75, 3.05) is 11.1 Å². The van der Waals surface area contributed by atoms with Crippen molar-refractivity contribution in [3.05, 3.63) is 35.0 Å². The summed E-state index contributed by atoms with van der Waals surface area (Å²) in [6.07, 6.45) is 5.01. The zero-order chi connectivity index (χ0) is 13.1. The predicted octanol–water partition coefficient (Wildman–Crippen LogP) is 2.42. The van der Waals surface area contributed by atoms with E-state index in [1.807, 2.05) is 5.92 Å². The number of terminal acetylenes is 1. The lowest BCUT2D eigenvalue weighted by Gasteiger charge is -2.00. The summed E-state index contributed by atoms with van der Waals surface area (Å²) in [7, 11) is 0. The van der Waals surface area contributed by atoms with E-state index in [1.165, 1.54) is 12.1 Å². The zero-order valence-electron chi connectivity index (χ0n) is 9.11. The highest BCUT2D eigenvalue weighted by Crippen LogP contribution is 2.27. The first kappa shape index (κ1) is 12.1. The van der Waals surface area contributed by atoms with Gasteiger partial charge in [-0.25, -0.2) is 9.37 Å². The van der Waals surface area contributed by atoms with Crippen molar-refractivity contribution in [3.63, 3.8) is 0 Å². The van der Waals surface area contributed by atoms with Crippen LogP contribution >= 0.6 is 11.3 Å². The third-order valence-corrected chi connectivity index (χ3v) is 3.07. The van der Waals surface area contributed by atoms with Crippen LogP contribution in [0.3, 0.4) is 0 Å². The molecule has 1 heterocycles. The molecule has 0 bridgehead atoms. The van der Waals surface area contributed by atoms with E-state index < -0.39 is 5.78 Å². The van der Waals surface area contributed by atoms with E-state index in [9.17, 15) is 9.18 Å². The van der Waals surface area contributed by atoms with Crippen molar-refractivity contribution in [2.24, 2.45) is 0 Å². The summed E-state index contributed by atoms with van der Waals surface area (Å²) in [5, 5.41) is 3.34. The van der Waals surface area contributed by atoms with Gasteiger partial charge in [-0.05, 0) is 30.2 Å². The number of nitrogen functional groups attached to an aromatic ring is 1. The van der Waals surface area contributed by atoms with Gasteiger partial charge in [0.2, 0.25) is 5.78 Å². The van der Waals surface area contributed by atoms with Crippen LogP contribution in [-0.4, -0.2) is 10.8 Å². The molecule has 1 aromatic heterocycles. The summed E-state index contributed by atoms with van der Waals surface area (Å²) in [5.41, 5.74) is 6.22. The van der Waals surface area contributed by atoms with Crippen LogP contribution in [0.15, 0.2) is 24.3 Å². The lowest BCUT2D eigenvalue weighted by atomic mass is 10.3. The molecule has 0 saturated carbocycles. The largest absolute Gasteiger partial charge is 0.382 e. The Bertz CT molecular complexity index is 628. The molecule has 18 heavy (non-hydrogen) atoms. The number of hydrogen-bond acceptors (Lipinski definition) is 5. The summed E-state index contributed by atoms with van der Waals surface area (Å²) in [6.45, 7) is 0. The first-order valence-electron chi connectivity index (χ1n) is 4.90. The minimum atomic E-state index is -0.503. The smallest absolute Gasteiger partial charge is 0.249 e. The summed E-state index contributed by atoms with van der Waals surface area (Å²) >= 11 is 1.06. The molecule has 0 aliphatic heterocycles. The molecule has 0 fully saturated rings. The van der Waals surface area contributed by atoms with Crippen LogP contribution in [-0.2, 0) is 0 Å². The van der Waals surface area contributed by atoms with E-state index in [1.54, 1.807) is 12.1 Å². The quantitative estimate of drug-likeness (QED) is 0.506. The van der Waals surface area contributed by atoms with Gasteiger partial charge in [0.25, 0.3) is 0 Å². The van der Waals surface area contributed by atoms with Gasteiger partial charge >= 0.3 is 0 Å². The predicted molar refractivity (Wildman–Crippen MR) is 69.4 cm³/mol. The van der Waals surface area contributed by atoms with Gasteiger partial charge in [0.1, 0.15) is 16.5 Å². The second kappa shape index (κ2) is 4.85. The average Bonchev–Trinajstić information content (AvgIpc) is 2.72. The number of nitrogens with zero attached hydrogens (tertiary/aromatic N) is 1. The van der Waals surface area contributed by atoms with Crippen LogP contribution in [0, 0.1) is 18.2 Å². The third kappa shape index (κ3) is 2.47. The van der Waals surface area contributed by atoms with E-state index in [0.29, 0.717) is 10.8 Å². The number of ketones is 1. The number of carbonyl (C=O) groups is 1. The van der Waals surface area contributed by atoms with Gasteiger partial charge in [-0.15, -0.1) is 6.42 Å². The zero-order valence-corrected chi connectivity index (χ0v) is 9.92. The minimum absolute atomic E-state index is 0.0903. The molecule has 0 saturated heterocycles. The molecule has 0 amide bonds. The summed E-state index contributed by atoms with van der Waals surface area (Å²) in [5.74, 6) is 1.24. The number of hydrogen-bond donors (Lipinski definition) is 2. The molecule has 1 aromatic carbocycles. The topological polar surface area (TPSA) is 68.0 Å². The lowest BCUT2D eigenvalue weighted by molar-refractivity contribution is 0.106. The van der Waals surface area contributed by atoms with Crippen molar-refractivity contribution >= 4 is 33.8 Å². The van der Waals surface area contributed by atoms with Crippen LogP contribution in [0.1, 0.15) is 9.67 Å². The third-order valence-electron chi connectivity index (χ3n) is 2.09. The van der Waals surface area contributed by atoms with Crippen molar-refractivity contribution in [2.45, 2.75) is 0 Å². The maximum Gasteiger partial charge on any atom is 0.249 e. The number of benzene rings is 1. The highest BCUT2D eigenvalue weighted by Gasteiger charge is 2.14. The molecule has 0 spiro atoms. The first-order chi connectivity index (χ1) is 8.60. The number of halogens is 1. The molecule has 2 aromatic rings. The summed E-state index contributed by atoms with van der Waals surface area (Å²) in [4.78, 5) is 15.5. The van der Waals surface area contributed by atoms with Crippen molar-refractivity contribution in [1.82, 2.24) is 4.98 Å². The highest BCUT2D eigenvalue weighted by molar-refractivity contribution is 7.18. The van der Waals surface area contributed by atoms with E-state index in [0.717, 1.165) is 11.3 Å². The normalized spacial score (nSPS) is 9.78. The molecule has 0 radical (unpaired) electrons. The van der Waals surface area contributed by atoms with Gasteiger partial charge in [-0.1, -0.05) is 11.3 Å². The van der Waals surface area contributed by atoms with Crippen molar-refractivity contribution < 1.29 is 9.18 Å². The number of carbonyl (C=O) groups excluding carboxylic acids is 1. The lowest BCUT2D eigenvalue weighted by Crippen LogP contribution is -1.96. The number of anilines is 3. The number of nitrogens with one attached hydrogen (secondary N) is 1. The fourth-order valence-corrected chi connectivity index (χ4v) is 2.08. The van der Waals surface area contributed by atoms with Gasteiger partial charge in [-0.3, -0.25) is 4.79 Å². The van der Waals surface area contributed by atoms with E-state index in [4.69, 9.17) is 12.2 Å². The Morgan fingerprint density at radius 3 is 2.72 bits per heavy atom. The maximum atomic E-state index is 12.7. The molecule has 2 rings (SSSR count). The maximum absolute atomic E-state index is 12.7. The Morgan fingerprint density at radius 2 is 2.11 bits per heavy atom. The Labute approximate surface area is 107 Å². The second-order valence-corrected chi connectivity index (χ2v) is 4.34. The van der Waals surface area contributed by atoms with E-state index in [-0.39, 0.29) is 16.5 Å². The molecule has 4 nitrogen and oxygen atoms in total. The average molecular weight is 261 g/mol. The van der Waals surface area contributed by atoms with Crippen molar-refractivity contribution in [1.29, 1.82) is 0 Å². The molecular weight excluding hydrogens is 253 g/mol. The number of Topliss-reactive ketones (excluding diaryl/α,β-unsaturated/α-hetero) is 1. The van der Waals surface area contributed by atoms with Crippen LogP contribution in [0.25, 0.3) is 0 Å². The van der Waals surface area contributed by atoms with Crippen LogP contribution < -0.4 is 11.1 Å². The molecule has 0 atom stereocenters. The monoisotopic (exact) mass is 261 g/mol. The van der Waals surface area contributed by atoms with Crippen molar-refractivity contribution in [3.8, 4) is 12.3 Å². The highest BCUT2D eigenvalue weighted by atomic mass is 32.1. The number of thiazole rings is 1. The number of aromatic nitrogens is 1. The molecule has 6 heteroatoms. The fraction of sp³-hybridized carbons (Fsp3) is 0. The van der Waals surface area contributed by atoms with Crippen LogP contribution in [0.5, 0.6) is 0 Å². The van der Waals surface area contributed by atoms with Gasteiger partial charge in [-0.2, -0.15) is 0 Å². The second-order valence-electron chi connectivity index (χ2n) is 3.34. The van der Waals surface area contributed by atoms with Gasteiger partial charge in [0, 0.05) is 5.69 Å². The number of rotatable bonds is 3. The molecule has 0 unspecified atom stereocenters. The molecule has 90 valence electrons. The Kier molecular flexibility index (Phi) is 3.26. The minimum Gasteiger partial charge on any atom is -0.382 e. The standard InChI is InChI=1S/C12H8FN3OS/c1-2-9(17)10-11(14)16-12(18-10)15-8-5-3-7(13)4-6-8/h1,3-6H,14H2,(H,15,16). The van der Waals surface area contributed by atoms with Gasteiger partial charge in [0.15, 0.2) is 5.13 Å². The Hall–Kier alpha value is -2.39. The first-order valence-corrected chi connectivity index (χ1v) is 5.71. The fourth-order valence-electron chi connectivity index (χ4n) is 1.27. The van der Waals surface area contributed by atoms with Gasteiger partial charge < -0.3 is 11.1 Å². The molecule has 0 aliphatic carbocycles. The van der Waals surface area contributed by atoms with Gasteiger partial charge in [0.05, 0.1) is 0 Å². The SMILES string of the molecule is C#CC(=O)c1sc(Nc2ccc(F)cc2)nc1N. The molecular formula is C12H8FN3OS. The summed E-state index contributed by atoms with van der Waals surface area (Å²) < 4.78 is 12.7. The Balaban J connectivity index is 2.23. The van der Waals surface area contributed by atoms with E-state index >= 15 is 0 Å². The molecule has 3 N–H and O–H groups in total. The van der Waals surface area contributed by atoms with Crippen LogP contribution in [0.4, 0.5) is 21.0 Å².